The Labute approximate surface area is 217 Å². The molecule has 0 saturated heterocycles. The first-order chi connectivity index (χ1) is 17.3. The summed E-state index contributed by atoms with van der Waals surface area (Å²) < 4.78 is 0. The summed E-state index contributed by atoms with van der Waals surface area (Å²) in [5, 5.41) is 0. The van der Waals surface area contributed by atoms with Gasteiger partial charge in [-0.2, -0.15) is 0 Å². The Hall–Kier alpha value is -1.56. The van der Waals surface area contributed by atoms with Crippen molar-refractivity contribution in [2.24, 2.45) is 17.8 Å². The maximum Gasteiger partial charge on any atom is -0.0149 e. The van der Waals surface area contributed by atoms with Crippen molar-refractivity contribution in [3.63, 3.8) is 0 Å². The highest BCUT2D eigenvalue weighted by atomic mass is 14.3. The third kappa shape index (κ3) is 7.96. The van der Waals surface area contributed by atoms with Crippen LogP contribution in [0.15, 0.2) is 48.5 Å². The first-order valence-electron chi connectivity index (χ1n) is 15.4. The summed E-state index contributed by atoms with van der Waals surface area (Å²) in [6, 6.07) is 18.9. The van der Waals surface area contributed by atoms with E-state index in [4.69, 9.17) is 0 Å². The van der Waals surface area contributed by atoms with Gasteiger partial charge in [-0.3, -0.25) is 0 Å². The van der Waals surface area contributed by atoms with Gasteiger partial charge in [0.15, 0.2) is 0 Å². The molecule has 192 valence electrons. The molecule has 0 unspecified atom stereocenters. The summed E-state index contributed by atoms with van der Waals surface area (Å²) in [7, 11) is 0. The minimum absolute atomic E-state index is 0.751. The Balaban J connectivity index is 1.28. The molecule has 2 saturated carbocycles. The second kappa shape index (κ2) is 14.2. The third-order valence-electron chi connectivity index (χ3n) is 9.50. The monoisotopic (exact) mass is 472 g/mol. The fourth-order valence-corrected chi connectivity index (χ4v) is 7.08. The van der Waals surface area contributed by atoms with Gasteiger partial charge in [0, 0.05) is 0 Å². The maximum absolute atomic E-state index is 2.42. The molecule has 0 aromatic heterocycles. The van der Waals surface area contributed by atoms with Gasteiger partial charge in [0.05, 0.1) is 0 Å². The molecule has 2 fully saturated rings. The van der Waals surface area contributed by atoms with Crippen molar-refractivity contribution in [1.82, 2.24) is 0 Å². The number of hydrogen-bond acceptors (Lipinski definition) is 0. The number of hydrogen-bond donors (Lipinski definition) is 0. The van der Waals surface area contributed by atoms with E-state index >= 15 is 0 Å². The van der Waals surface area contributed by atoms with Gasteiger partial charge in [-0.05, 0) is 84.5 Å². The number of aryl methyl sites for hydroxylation is 1. The fraction of sp³-hybridized carbons (Fsp3) is 0.657. The summed E-state index contributed by atoms with van der Waals surface area (Å²) >= 11 is 0. The van der Waals surface area contributed by atoms with Crippen LogP contribution >= 0.6 is 0 Å². The van der Waals surface area contributed by atoms with Crippen LogP contribution in [0.3, 0.4) is 0 Å². The molecule has 2 aromatic carbocycles. The van der Waals surface area contributed by atoms with Crippen molar-refractivity contribution in [1.29, 1.82) is 0 Å². The van der Waals surface area contributed by atoms with Crippen LogP contribution < -0.4 is 0 Å². The highest BCUT2D eigenvalue weighted by molar-refractivity contribution is 5.68. The van der Waals surface area contributed by atoms with Crippen LogP contribution in [-0.2, 0) is 6.42 Å². The van der Waals surface area contributed by atoms with E-state index in [1.807, 2.05) is 0 Å². The van der Waals surface area contributed by atoms with Gasteiger partial charge in [-0.25, -0.2) is 0 Å². The van der Waals surface area contributed by atoms with Crippen LogP contribution in [-0.4, -0.2) is 0 Å². The molecule has 4 rings (SSSR count). The van der Waals surface area contributed by atoms with Gasteiger partial charge in [-0.15, -0.1) is 0 Å². The second-order valence-electron chi connectivity index (χ2n) is 12.1. The Morgan fingerprint density at radius 3 is 1.80 bits per heavy atom. The van der Waals surface area contributed by atoms with Crippen molar-refractivity contribution < 1.29 is 0 Å². The van der Waals surface area contributed by atoms with E-state index < -0.39 is 0 Å². The third-order valence-corrected chi connectivity index (χ3v) is 9.50. The highest BCUT2D eigenvalue weighted by Gasteiger charge is 2.24. The number of benzene rings is 2. The average molecular weight is 473 g/mol. The maximum atomic E-state index is 2.42. The van der Waals surface area contributed by atoms with Crippen LogP contribution in [0.2, 0.25) is 0 Å². The molecular weight excluding hydrogens is 420 g/mol. The zero-order chi connectivity index (χ0) is 24.3. The van der Waals surface area contributed by atoms with Crippen molar-refractivity contribution >= 4 is 0 Å². The van der Waals surface area contributed by atoms with Crippen molar-refractivity contribution in [3.05, 3.63) is 59.7 Å². The lowest BCUT2D eigenvalue weighted by molar-refractivity contribution is 0.250. The zero-order valence-electron chi connectivity index (χ0n) is 22.9. The van der Waals surface area contributed by atoms with Gasteiger partial charge in [0.2, 0.25) is 0 Å². The Kier molecular flexibility index (Phi) is 10.8. The van der Waals surface area contributed by atoms with Crippen LogP contribution in [0, 0.1) is 17.8 Å². The van der Waals surface area contributed by atoms with E-state index in [1.54, 1.807) is 5.56 Å². The van der Waals surface area contributed by atoms with Gasteiger partial charge < -0.3 is 0 Å². The molecule has 2 aliphatic carbocycles. The lowest BCUT2D eigenvalue weighted by Crippen LogP contribution is -2.15. The van der Waals surface area contributed by atoms with Gasteiger partial charge >= 0.3 is 0 Å². The Morgan fingerprint density at radius 1 is 0.571 bits per heavy atom. The molecule has 0 heterocycles. The van der Waals surface area contributed by atoms with E-state index in [9.17, 15) is 0 Å². The van der Waals surface area contributed by atoms with E-state index in [0.29, 0.717) is 0 Å². The van der Waals surface area contributed by atoms with Gasteiger partial charge in [-0.1, -0.05) is 133 Å². The summed E-state index contributed by atoms with van der Waals surface area (Å²) in [5.41, 5.74) is 6.05. The molecule has 0 bridgehead atoms. The largest absolute Gasteiger partial charge is 0.0654 e. The summed E-state index contributed by atoms with van der Waals surface area (Å²) in [6.45, 7) is 4.65. The molecule has 2 aliphatic rings. The lowest BCUT2D eigenvalue weighted by atomic mass is 9.75. The van der Waals surface area contributed by atoms with Crippen molar-refractivity contribution in [2.75, 3.05) is 0 Å². The smallest absolute Gasteiger partial charge is 0.0149 e. The average Bonchev–Trinajstić information content (AvgIpc) is 2.92. The topological polar surface area (TPSA) is 0 Å². The highest BCUT2D eigenvalue weighted by Crippen LogP contribution is 2.41. The quantitative estimate of drug-likeness (QED) is 0.269. The zero-order valence-corrected chi connectivity index (χ0v) is 22.9. The fourth-order valence-electron chi connectivity index (χ4n) is 7.08. The molecule has 0 heteroatoms. The second-order valence-corrected chi connectivity index (χ2v) is 12.1. The lowest BCUT2D eigenvalue weighted by Gasteiger charge is -2.30. The van der Waals surface area contributed by atoms with Gasteiger partial charge in [0.25, 0.3) is 0 Å². The first kappa shape index (κ1) is 26.5. The van der Waals surface area contributed by atoms with Crippen LogP contribution in [0.4, 0.5) is 0 Å². The Bertz CT molecular complexity index is 831. The minimum atomic E-state index is 0.751. The molecule has 0 spiro atoms. The van der Waals surface area contributed by atoms with E-state index in [0.717, 1.165) is 23.7 Å². The van der Waals surface area contributed by atoms with Crippen molar-refractivity contribution in [2.45, 2.75) is 129 Å². The van der Waals surface area contributed by atoms with Gasteiger partial charge in [0.1, 0.15) is 0 Å². The van der Waals surface area contributed by atoms with Crippen LogP contribution in [0.1, 0.15) is 134 Å². The number of unbranched alkanes of at least 4 members (excludes halogenated alkanes) is 3. The van der Waals surface area contributed by atoms with E-state index in [2.05, 4.69) is 62.4 Å². The molecule has 0 radical (unpaired) electrons. The molecule has 0 atom stereocenters. The number of rotatable bonds is 12. The predicted molar refractivity (Wildman–Crippen MR) is 154 cm³/mol. The van der Waals surface area contributed by atoms with Crippen LogP contribution in [0.5, 0.6) is 0 Å². The molecular formula is C35H52. The molecule has 0 aliphatic heterocycles. The molecule has 0 N–H and O–H groups in total. The molecule has 35 heavy (non-hydrogen) atoms. The van der Waals surface area contributed by atoms with Crippen molar-refractivity contribution in [3.8, 4) is 11.1 Å². The Morgan fingerprint density at radius 2 is 1.14 bits per heavy atom. The summed E-state index contributed by atoms with van der Waals surface area (Å²) in [4.78, 5) is 0. The minimum Gasteiger partial charge on any atom is -0.0654 e. The normalized spacial score (nSPS) is 25.0. The summed E-state index contributed by atoms with van der Waals surface area (Å²) in [5.74, 6) is 3.73. The van der Waals surface area contributed by atoms with E-state index in [1.165, 1.54) is 126 Å². The molecule has 0 amide bonds. The summed E-state index contributed by atoms with van der Waals surface area (Å²) in [6.07, 6.45) is 24.1. The van der Waals surface area contributed by atoms with E-state index in [-0.39, 0.29) is 0 Å². The standard InChI is InChI=1S/C35H52/c1-3-5-7-11-29-20-24-32(25-21-29)34-12-8-9-13-35(34)33-26-22-31(23-27-33)19-18-30-16-14-28(15-17-30)10-6-4-2/h8-9,12-13,22-23,26-30,32H,3-7,10-11,14-21,24-25H2,1-2H3/t28-,29-,30-,32-. The SMILES string of the molecule is CCCCC[C@H]1CC[C@H](c2ccccc2-c2ccc(CC[C@H]3CC[C@H](CCCC)CC3)cc2)CC1. The van der Waals surface area contributed by atoms with Crippen LogP contribution in [0.25, 0.3) is 11.1 Å². The first-order valence-corrected chi connectivity index (χ1v) is 15.4. The molecule has 0 nitrogen and oxygen atoms in total. The predicted octanol–water partition coefficient (Wildman–Crippen LogP) is 11.1. The molecule has 2 aromatic rings.